The average Bonchev–Trinajstić information content (AvgIpc) is 3.04. The Bertz CT molecular complexity index is 668. The number of nitroso groups, excluding NO2 is 1. The molecule has 2 nitrogen and oxygen atoms in total. The van der Waals surface area contributed by atoms with Gasteiger partial charge in [-0.15, -0.1) is 0 Å². The monoisotopic (exact) mass is 413 g/mol. The molecule has 4 rings (SSSR count). The van der Waals surface area contributed by atoms with Crippen LogP contribution in [0, 0.1) is 57.2 Å². The van der Waals surface area contributed by atoms with E-state index in [0.29, 0.717) is 16.7 Å². The minimum absolute atomic E-state index is 0.0824. The Morgan fingerprint density at radius 2 is 1.83 bits per heavy atom. The van der Waals surface area contributed by atoms with Crippen molar-refractivity contribution in [2.75, 3.05) is 0 Å². The lowest BCUT2D eigenvalue weighted by molar-refractivity contribution is -0.0634. The first-order chi connectivity index (χ1) is 14.2. The lowest BCUT2D eigenvalue weighted by Crippen LogP contribution is -2.52. The number of hydrogen-bond donors (Lipinski definition) is 0. The molecular formula is C28H47NO. The molecule has 0 amide bonds. The van der Waals surface area contributed by atoms with Crippen molar-refractivity contribution in [3.63, 3.8) is 0 Å². The van der Waals surface area contributed by atoms with Crippen LogP contribution in [0.4, 0.5) is 0 Å². The maximum atomic E-state index is 11.3. The van der Waals surface area contributed by atoms with Crippen molar-refractivity contribution >= 4 is 0 Å². The van der Waals surface area contributed by atoms with E-state index < -0.39 is 0 Å². The maximum absolute atomic E-state index is 11.3. The smallest absolute Gasteiger partial charge is 0.113 e. The van der Waals surface area contributed by atoms with Gasteiger partial charge in [-0.3, -0.25) is 0 Å². The highest BCUT2D eigenvalue weighted by molar-refractivity contribution is 5.27. The molecule has 9 atom stereocenters. The van der Waals surface area contributed by atoms with Gasteiger partial charge in [-0.05, 0) is 97.2 Å². The van der Waals surface area contributed by atoms with Gasteiger partial charge in [-0.25, -0.2) is 0 Å². The van der Waals surface area contributed by atoms with E-state index in [1.165, 1.54) is 64.2 Å². The summed E-state index contributed by atoms with van der Waals surface area (Å²) in [5.74, 6) is 5.75. The molecule has 4 aliphatic carbocycles. The van der Waals surface area contributed by atoms with Crippen LogP contribution in [-0.2, 0) is 0 Å². The Morgan fingerprint density at radius 3 is 2.53 bits per heavy atom. The molecule has 2 heteroatoms. The third-order valence-corrected chi connectivity index (χ3v) is 10.8. The first kappa shape index (κ1) is 22.5. The van der Waals surface area contributed by atoms with E-state index in [1.807, 2.05) is 0 Å². The highest BCUT2D eigenvalue weighted by atomic mass is 16.3. The molecule has 0 aliphatic heterocycles. The molecule has 0 saturated heterocycles. The van der Waals surface area contributed by atoms with Gasteiger partial charge >= 0.3 is 0 Å². The Balaban J connectivity index is 1.51. The van der Waals surface area contributed by atoms with Crippen molar-refractivity contribution in [1.29, 1.82) is 0 Å². The van der Waals surface area contributed by atoms with Crippen LogP contribution in [0.2, 0.25) is 0 Å². The Morgan fingerprint density at radius 1 is 1.07 bits per heavy atom. The predicted molar refractivity (Wildman–Crippen MR) is 127 cm³/mol. The second-order valence-electron chi connectivity index (χ2n) is 12.8. The highest BCUT2D eigenvalue weighted by Gasteiger charge is 2.59. The SMILES string of the molecule is CC(C)CCC[C@@H](C)[C@H]1CC[C@H]2[C@@H]3CCC4=CC(N=O)C(C)C[C@]4(C)[C@H]3CC[C@]12C. The molecule has 0 aromatic rings. The summed E-state index contributed by atoms with van der Waals surface area (Å²) in [6.07, 6.45) is 16.1. The molecule has 30 heavy (non-hydrogen) atoms. The second-order valence-corrected chi connectivity index (χ2v) is 12.8. The molecule has 170 valence electrons. The molecule has 0 aromatic heterocycles. The number of rotatable bonds is 6. The number of hydrogen-bond acceptors (Lipinski definition) is 2. The summed E-state index contributed by atoms with van der Waals surface area (Å²) in [7, 11) is 0. The van der Waals surface area contributed by atoms with Crippen LogP contribution in [0.3, 0.4) is 0 Å². The summed E-state index contributed by atoms with van der Waals surface area (Å²) in [4.78, 5) is 11.3. The Kier molecular flexibility index (Phi) is 6.28. The zero-order chi connectivity index (χ0) is 21.7. The van der Waals surface area contributed by atoms with Gasteiger partial charge in [0.2, 0.25) is 0 Å². The number of fused-ring (bicyclic) bond motifs is 5. The Hall–Kier alpha value is -0.660. The molecule has 0 radical (unpaired) electrons. The quantitative estimate of drug-likeness (QED) is 0.317. The first-order valence-electron chi connectivity index (χ1n) is 13.2. The summed E-state index contributed by atoms with van der Waals surface area (Å²) in [5, 5.41) is 3.46. The summed E-state index contributed by atoms with van der Waals surface area (Å²) in [6.45, 7) is 14.8. The van der Waals surface area contributed by atoms with Crippen molar-refractivity contribution in [1.82, 2.24) is 0 Å². The fourth-order valence-corrected chi connectivity index (χ4v) is 9.20. The molecule has 2 unspecified atom stereocenters. The average molecular weight is 414 g/mol. The van der Waals surface area contributed by atoms with Crippen molar-refractivity contribution in [2.45, 2.75) is 112 Å². The van der Waals surface area contributed by atoms with E-state index in [9.17, 15) is 4.91 Å². The van der Waals surface area contributed by atoms with Crippen LogP contribution >= 0.6 is 0 Å². The lowest BCUT2D eigenvalue weighted by atomic mass is 9.45. The van der Waals surface area contributed by atoms with Gasteiger partial charge in [-0.2, -0.15) is 4.91 Å². The van der Waals surface area contributed by atoms with Crippen molar-refractivity contribution in [3.05, 3.63) is 16.6 Å². The van der Waals surface area contributed by atoms with Gasteiger partial charge in [0, 0.05) is 0 Å². The molecule has 0 bridgehead atoms. The standard InChI is InChI=1S/C28H47NO/c1-18(2)8-7-9-19(3)23-12-13-24-22-11-10-21-16-26(29-30)20(4)17-28(21,6)25(22)14-15-27(23,24)5/h16,18-20,22-26H,7-15,17H2,1-6H3/t19-,20?,22+,23-,24+,25+,26?,27-,28+/m1/s1. The third-order valence-electron chi connectivity index (χ3n) is 10.8. The molecule has 3 saturated carbocycles. The zero-order valence-corrected chi connectivity index (χ0v) is 20.6. The fraction of sp³-hybridized carbons (Fsp3) is 0.929. The van der Waals surface area contributed by atoms with Gasteiger partial charge in [0.05, 0.1) is 0 Å². The maximum Gasteiger partial charge on any atom is 0.113 e. The first-order valence-corrected chi connectivity index (χ1v) is 13.2. The Labute approximate surface area is 186 Å². The largest absolute Gasteiger partial charge is 0.150 e. The number of nitrogens with zero attached hydrogens (tertiary/aromatic N) is 1. The van der Waals surface area contributed by atoms with E-state index in [1.54, 1.807) is 5.57 Å². The molecule has 0 aromatic carbocycles. The lowest BCUT2D eigenvalue weighted by Gasteiger charge is -2.59. The van der Waals surface area contributed by atoms with Gasteiger partial charge in [-0.1, -0.05) is 77.6 Å². The van der Waals surface area contributed by atoms with Gasteiger partial charge in [0.15, 0.2) is 0 Å². The fourth-order valence-electron chi connectivity index (χ4n) is 9.20. The van der Waals surface area contributed by atoms with E-state index in [-0.39, 0.29) is 6.04 Å². The van der Waals surface area contributed by atoms with Gasteiger partial charge in [0.25, 0.3) is 0 Å². The van der Waals surface area contributed by atoms with Gasteiger partial charge < -0.3 is 0 Å². The van der Waals surface area contributed by atoms with E-state index in [0.717, 1.165) is 35.5 Å². The molecule has 0 spiro atoms. The summed E-state index contributed by atoms with van der Waals surface area (Å²) in [6, 6.07) is -0.0824. The van der Waals surface area contributed by atoms with Gasteiger partial charge in [0.1, 0.15) is 6.04 Å². The third kappa shape index (κ3) is 3.62. The second kappa shape index (κ2) is 8.36. The van der Waals surface area contributed by atoms with E-state index in [4.69, 9.17) is 0 Å². The number of allylic oxidation sites excluding steroid dienone is 1. The zero-order valence-electron chi connectivity index (χ0n) is 20.6. The van der Waals surface area contributed by atoms with E-state index in [2.05, 4.69) is 52.8 Å². The molecule has 3 fully saturated rings. The highest BCUT2D eigenvalue weighted by Crippen LogP contribution is 2.68. The minimum atomic E-state index is -0.0824. The van der Waals surface area contributed by atoms with Crippen LogP contribution in [-0.4, -0.2) is 6.04 Å². The van der Waals surface area contributed by atoms with Crippen LogP contribution in [0.1, 0.15) is 106 Å². The predicted octanol–water partition coefficient (Wildman–Crippen LogP) is 8.41. The summed E-state index contributed by atoms with van der Waals surface area (Å²) < 4.78 is 0. The molecule has 0 N–H and O–H groups in total. The molecular weight excluding hydrogens is 366 g/mol. The minimum Gasteiger partial charge on any atom is -0.150 e. The van der Waals surface area contributed by atoms with Crippen molar-refractivity contribution in [2.24, 2.45) is 57.4 Å². The molecule has 4 aliphatic rings. The topological polar surface area (TPSA) is 29.4 Å². The normalized spacial score (nSPS) is 46.6. The van der Waals surface area contributed by atoms with E-state index >= 15 is 0 Å². The van der Waals surface area contributed by atoms with Crippen LogP contribution in [0.15, 0.2) is 16.8 Å². The molecule has 0 heterocycles. The van der Waals surface area contributed by atoms with Crippen molar-refractivity contribution in [3.8, 4) is 0 Å². The summed E-state index contributed by atoms with van der Waals surface area (Å²) in [5.41, 5.74) is 2.49. The van der Waals surface area contributed by atoms with Crippen LogP contribution in [0.25, 0.3) is 0 Å². The van der Waals surface area contributed by atoms with Crippen LogP contribution in [0.5, 0.6) is 0 Å². The van der Waals surface area contributed by atoms with Crippen LogP contribution < -0.4 is 0 Å². The van der Waals surface area contributed by atoms with Crippen molar-refractivity contribution < 1.29 is 0 Å². The summed E-state index contributed by atoms with van der Waals surface area (Å²) >= 11 is 0.